The first kappa shape index (κ1) is 17.9. The zero-order valence-electron chi connectivity index (χ0n) is 13.9. The number of pyridine rings is 1. The fourth-order valence-corrected chi connectivity index (χ4v) is 3.45. The lowest BCUT2D eigenvalue weighted by Gasteiger charge is -2.36. The lowest BCUT2D eigenvalue weighted by atomic mass is 9.96. The van der Waals surface area contributed by atoms with Crippen LogP contribution in [0.4, 0.5) is 0 Å². The molecule has 0 bridgehead atoms. The second-order valence-electron chi connectivity index (χ2n) is 6.44. The van der Waals surface area contributed by atoms with Gasteiger partial charge in [-0.3, -0.25) is 10.1 Å². The van der Waals surface area contributed by atoms with E-state index in [0.29, 0.717) is 5.54 Å². The van der Waals surface area contributed by atoms with Crippen molar-refractivity contribution in [3.05, 3.63) is 36.3 Å². The van der Waals surface area contributed by atoms with Crippen molar-refractivity contribution in [1.82, 2.24) is 25.4 Å². The van der Waals surface area contributed by atoms with Gasteiger partial charge < -0.3 is 10.2 Å². The topological polar surface area (TPSA) is 56.8 Å². The summed E-state index contributed by atoms with van der Waals surface area (Å²) in [6.07, 6.45) is 10.8. The standard InChI is InChI=1S/C17H25N5.ClH/c1-22(2)17(7-3-4-8-17)13-19-11-15-12-20-21-16(15)14-6-5-9-18-10-14;/h5-6,9-10,12,19H,3-4,7-8,11,13H2,1-2H3,(H,20,21);1H. The van der Waals surface area contributed by atoms with Crippen LogP contribution in [0.2, 0.25) is 0 Å². The molecule has 6 heteroatoms. The molecule has 2 heterocycles. The molecule has 0 atom stereocenters. The predicted molar refractivity (Wildman–Crippen MR) is 95.7 cm³/mol. The Balaban J connectivity index is 0.00000192. The van der Waals surface area contributed by atoms with E-state index in [1.54, 1.807) is 6.20 Å². The van der Waals surface area contributed by atoms with Crippen molar-refractivity contribution in [2.75, 3.05) is 20.6 Å². The van der Waals surface area contributed by atoms with Crippen molar-refractivity contribution < 1.29 is 0 Å². The van der Waals surface area contributed by atoms with Crippen molar-refractivity contribution in [2.45, 2.75) is 37.8 Å². The van der Waals surface area contributed by atoms with Crippen LogP contribution in [-0.2, 0) is 6.54 Å². The van der Waals surface area contributed by atoms with Crippen molar-refractivity contribution >= 4 is 12.4 Å². The Bertz CT molecular complexity index is 590. The Morgan fingerprint density at radius 1 is 1.26 bits per heavy atom. The molecule has 1 aliphatic rings. The van der Waals surface area contributed by atoms with E-state index >= 15 is 0 Å². The van der Waals surface area contributed by atoms with Crippen molar-refractivity contribution in [3.63, 3.8) is 0 Å². The van der Waals surface area contributed by atoms with Crippen LogP contribution >= 0.6 is 12.4 Å². The van der Waals surface area contributed by atoms with Crippen LogP contribution in [0.25, 0.3) is 11.3 Å². The fourth-order valence-electron chi connectivity index (χ4n) is 3.45. The largest absolute Gasteiger partial charge is 0.311 e. The van der Waals surface area contributed by atoms with Gasteiger partial charge in [0.05, 0.1) is 11.9 Å². The minimum atomic E-state index is 0. The molecule has 1 fully saturated rings. The van der Waals surface area contributed by atoms with Gasteiger partial charge in [-0.25, -0.2) is 0 Å². The average Bonchev–Trinajstić information content (AvgIpc) is 3.18. The summed E-state index contributed by atoms with van der Waals surface area (Å²) < 4.78 is 0. The second-order valence-corrected chi connectivity index (χ2v) is 6.44. The molecule has 0 aliphatic heterocycles. The number of aromatic amines is 1. The van der Waals surface area contributed by atoms with Gasteiger partial charge in [0.25, 0.3) is 0 Å². The van der Waals surface area contributed by atoms with E-state index in [-0.39, 0.29) is 12.4 Å². The summed E-state index contributed by atoms with van der Waals surface area (Å²) in [5, 5.41) is 10.9. The van der Waals surface area contributed by atoms with Crippen LogP contribution in [0.5, 0.6) is 0 Å². The number of nitrogens with zero attached hydrogens (tertiary/aromatic N) is 3. The van der Waals surface area contributed by atoms with Crippen LogP contribution in [0.1, 0.15) is 31.2 Å². The van der Waals surface area contributed by atoms with Gasteiger partial charge in [-0.1, -0.05) is 12.8 Å². The summed E-state index contributed by atoms with van der Waals surface area (Å²) in [4.78, 5) is 6.58. The number of nitrogens with one attached hydrogen (secondary N) is 2. The third-order valence-electron chi connectivity index (χ3n) is 4.92. The molecule has 3 rings (SSSR count). The lowest BCUT2D eigenvalue weighted by Crippen LogP contribution is -2.49. The number of hydrogen-bond acceptors (Lipinski definition) is 4. The summed E-state index contributed by atoms with van der Waals surface area (Å²) in [5.41, 5.74) is 3.66. The highest BCUT2D eigenvalue weighted by Crippen LogP contribution is 2.33. The highest BCUT2D eigenvalue weighted by atomic mass is 35.5. The first-order chi connectivity index (χ1) is 10.7. The monoisotopic (exact) mass is 335 g/mol. The number of likely N-dealkylation sites (N-methyl/N-ethyl adjacent to an activating group) is 1. The molecule has 5 nitrogen and oxygen atoms in total. The minimum absolute atomic E-state index is 0. The maximum absolute atomic E-state index is 4.20. The van der Waals surface area contributed by atoms with E-state index in [1.807, 2.05) is 18.5 Å². The number of halogens is 1. The highest BCUT2D eigenvalue weighted by molar-refractivity contribution is 5.85. The van der Waals surface area contributed by atoms with Gasteiger partial charge >= 0.3 is 0 Å². The highest BCUT2D eigenvalue weighted by Gasteiger charge is 2.35. The third kappa shape index (κ3) is 3.91. The number of aromatic nitrogens is 3. The summed E-state index contributed by atoms with van der Waals surface area (Å²) in [6, 6.07) is 4.01. The lowest BCUT2D eigenvalue weighted by molar-refractivity contribution is 0.153. The predicted octanol–water partition coefficient (Wildman–Crippen LogP) is 2.86. The summed E-state index contributed by atoms with van der Waals surface area (Å²) >= 11 is 0. The molecule has 0 unspecified atom stereocenters. The molecule has 126 valence electrons. The molecular formula is C17H26ClN5. The Morgan fingerprint density at radius 3 is 2.70 bits per heavy atom. The van der Waals surface area contributed by atoms with E-state index in [2.05, 4.69) is 45.6 Å². The van der Waals surface area contributed by atoms with Crippen molar-refractivity contribution in [3.8, 4) is 11.3 Å². The smallest absolute Gasteiger partial charge is 0.0710 e. The summed E-state index contributed by atoms with van der Waals surface area (Å²) in [7, 11) is 4.40. The summed E-state index contributed by atoms with van der Waals surface area (Å²) in [5.74, 6) is 0. The maximum atomic E-state index is 4.20. The average molecular weight is 336 g/mol. The van der Waals surface area contributed by atoms with Crippen LogP contribution in [-0.4, -0.2) is 46.3 Å². The number of rotatable bonds is 6. The Labute approximate surface area is 144 Å². The minimum Gasteiger partial charge on any atom is -0.311 e. The van der Waals surface area contributed by atoms with Crippen molar-refractivity contribution in [1.29, 1.82) is 0 Å². The zero-order valence-corrected chi connectivity index (χ0v) is 14.7. The van der Waals surface area contributed by atoms with Gasteiger partial charge in [-0.05, 0) is 39.1 Å². The third-order valence-corrected chi connectivity index (χ3v) is 4.92. The zero-order chi connectivity index (χ0) is 15.4. The van der Waals surface area contributed by atoms with E-state index in [0.717, 1.165) is 24.3 Å². The van der Waals surface area contributed by atoms with Crippen LogP contribution < -0.4 is 5.32 Å². The Hall–Kier alpha value is -1.43. The number of hydrogen-bond donors (Lipinski definition) is 2. The SMILES string of the molecule is CN(C)C1(CNCc2cn[nH]c2-c2cccnc2)CCCC1.Cl. The quantitative estimate of drug-likeness (QED) is 0.852. The molecule has 2 N–H and O–H groups in total. The number of H-pyrrole nitrogens is 1. The molecular weight excluding hydrogens is 310 g/mol. The fraction of sp³-hybridized carbons (Fsp3) is 0.529. The van der Waals surface area contributed by atoms with Gasteiger partial charge in [0.2, 0.25) is 0 Å². The molecule has 0 spiro atoms. The first-order valence-corrected chi connectivity index (χ1v) is 8.02. The van der Waals surface area contributed by atoms with Gasteiger partial charge in [0.15, 0.2) is 0 Å². The van der Waals surface area contributed by atoms with Gasteiger partial charge in [-0.15, -0.1) is 12.4 Å². The van der Waals surface area contributed by atoms with E-state index in [9.17, 15) is 0 Å². The van der Waals surface area contributed by atoms with E-state index in [4.69, 9.17) is 0 Å². The molecule has 2 aromatic rings. The van der Waals surface area contributed by atoms with Gasteiger partial charge in [0, 0.05) is 42.1 Å². The molecule has 1 aliphatic carbocycles. The van der Waals surface area contributed by atoms with E-state index in [1.165, 1.54) is 31.2 Å². The summed E-state index contributed by atoms with van der Waals surface area (Å²) in [6.45, 7) is 1.86. The van der Waals surface area contributed by atoms with Crippen LogP contribution in [0.3, 0.4) is 0 Å². The molecule has 0 radical (unpaired) electrons. The molecule has 0 amide bonds. The Kier molecular flexibility index (Phi) is 6.16. The normalized spacial score (nSPS) is 16.5. The molecule has 1 saturated carbocycles. The van der Waals surface area contributed by atoms with E-state index < -0.39 is 0 Å². The van der Waals surface area contributed by atoms with Crippen LogP contribution in [0, 0.1) is 0 Å². The Morgan fingerprint density at radius 2 is 2.04 bits per heavy atom. The first-order valence-electron chi connectivity index (χ1n) is 8.02. The second kappa shape index (κ2) is 7.90. The molecule has 0 saturated heterocycles. The maximum Gasteiger partial charge on any atom is 0.0710 e. The molecule has 23 heavy (non-hydrogen) atoms. The molecule has 0 aromatic carbocycles. The van der Waals surface area contributed by atoms with Gasteiger partial charge in [0.1, 0.15) is 0 Å². The van der Waals surface area contributed by atoms with Gasteiger partial charge in [-0.2, -0.15) is 5.10 Å². The van der Waals surface area contributed by atoms with Crippen LogP contribution in [0.15, 0.2) is 30.7 Å². The molecule has 2 aromatic heterocycles. The van der Waals surface area contributed by atoms with Crippen molar-refractivity contribution in [2.24, 2.45) is 0 Å².